The highest BCUT2D eigenvalue weighted by Crippen LogP contribution is 2.34. The van der Waals surface area contributed by atoms with Crippen molar-refractivity contribution in [3.63, 3.8) is 0 Å². The van der Waals surface area contributed by atoms with Crippen LogP contribution in [0, 0.1) is 0 Å². The molecule has 158 valence electrons. The molecule has 0 aliphatic heterocycles. The van der Waals surface area contributed by atoms with Gasteiger partial charge in [0.25, 0.3) is 0 Å². The van der Waals surface area contributed by atoms with E-state index in [1.807, 2.05) is 0 Å². The molecule has 0 saturated carbocycles. The lowest BCUT2D eigenvalue weighted by Gasteiger charge is -2.12. The van der Waals surface area contributed by atoms with Gasteiger partial charge in [-0.3, -0.25) is 4.79 Å². The summed E-state index contributed by atoms with van der Waals surface area (Å²) in [4.78, 5) is 31.6. The zero-order chi connectivity index (χ0) is 22.0. The van der Waals surface area contributed by atoms with Gasteiger partial charge in [-0.15, -0.1) is 0 Å². The first kappa shape index (κ1) is 20.8. The minimum absolute atomic E-state index is 0.0252. The van der Waals surface area contributed by atoms with Gasteiger partial charge in [0, 0.05) is 0 Å². The number of carbonyl (C=O) groups excluding carboxylic acids is 1. The molecule has 0 fully saturated rings. The molecule has 8 nitrogen and oxygen atoms in total. The van der Waals surface area contributed by atoms with Gasteiger partial charge in [0.15, 0.2) is 16.7 Å². The molecule has 0 saturated heterocycles. The van der Waals surface area contributed by atoms with Crippen molar-refractivity contribution >= 4 is 40.9 Å². The summed E-state index contributed by atoms with van der Waals surface area (Å²) in [5.74, 6) is -0.324. The number of hydrogen-bond acceptors (Lipinski definition) is 6. The van der Waals surface area contributed by atoms with Gasteiger partial charge >= 0.3 is 5.97 Å². The standard InChI is InChI=1S/C21H16ClN3O5S/c1-11(19(26)23-14-10-12(20(27)28)6-7-13(14)22)31-21-24-17(15-4-2-8-29-15)18(25-21)16-5-3-9-30-16/h2-11H,1H3,(H,23,26)(H,24,25)(H,27,28). The van der Waals surface area contributed by atoms with Gasteiger partial charge in [0.2, 0.25) is 5.91 Å². The van der Waals surface area contributed by atoms with Gasteiger partial charge in [-0.1, -0.05) is 23.4 Å². The lowest BCUT2D eigenvalue weighted by Crippen LogP contribution is -2.23. The van der Waals surface area contributed by atoms with Crippen LogP contribution in [-0.4, -0.2) is 32.2 Å². The number of rotatable bonds is 7. The summed E-state index contributed by atoms with van der Waals surface area (Å²) < 4.78 is 11.0. The zero-order valence-electron chi connectivity index (χ0n) is 16.1. The van der Waals surface area contributed by atoms with Crippen molar-refractivity contribution in [2.75, 3.05) is 5.32 Å². The topological polar surface area (TPSA) is 121 Å². The first-order valence-electron chi connectivity index (χ1n) is 9.10. The molecule has 0 aliphatic rings. The van der Waals surface area contributed by atoms with Gasteiger partial charge in [-0.2, -0.15) is 0 Å². The quantitative estimate of drug-likeness (QED) is 0.317. The van der Waals surface area contributed by atoms with Gasteiger partial charge < -0.3 is 24.2 Å². The second-order valence-corrected chi connectivity index (χ2v) is 8.21. The normalized spacial score (nSPS) is 11.9. The van der Waals surface area contributed by atoms with E-state index >= 15 is 0 Å². The summed E-state index contributed by atoms with van der Waals surface area (Å²) in [7, 11) is 0. The van der Waals surface area contributed by atoms with Crippen LogP contribution in [0.1, 0.15) is 17.3 Å². The summed E-state index contributed by atoms with van der Waals surface area (Å²) in [6.45, 7) is 1.70. The maximum atomic E-state index is 12.7. The Morgan fingerprint density at radius 1 is 1.16 bits per heavy atom. The number of aromatic nitrogens is 2. The van der Waals surface area contributed by atoms with E-state index in [-0.39, 0.29) is 22.2 Å². The second-order valence-electron chi connectivity index (χ2n) is 6.47. The first-order valence-corrected chi connectivity index (χ1v) is 10.4. The third-order valence-corrected chi connectivity index (χ3v) is 5.65. The fourth-order valence-corrected chi connectivity index (χ4v) is 3.78. The molecule has 3 heterocycles. The zero-order valence-corrected chi connectivity index (χ0v) is 17.7. The van der Waals surface area contributed by atoms with Gasteiger partial charge in [-0.05, 0) is 49.4 Å². The first-order chi connectivity index (χ1) is 14.9. The number of hydrogen-bond donors (Lipinski definition) is 3. The molecule has 1 atom stereocenters. The molecule has 10 heteroatoms. The van der Waals surface area contributed by atoms with Crippen molar-refractivity contribution in [1.29, 1.82) is 0 Å². The maximum absolute atomic E-state index is 12.7. The number of nitrogens with one attached hydrogen (secondary N) is 2. The maximum Gasteiger partial charge on any atom is 0.335 e. The van der Waals surface area contributed by atoms with Crippen LogP contribution in [0.4, 0.5) is 5.69 Å². The lowest BCUT2D eigenvalue weighted by molar-refractivity contribution is -0.115. The molecule has 4 aromatic rings. The number of carboxylic acid groups (broad SMARTS) is 1. The highest BCUT2D eigenvalue weighted by molar-refractivity contribution is 8.00. The average Bonchev–Trinajstić information content (AvgIpc) is 3.50. The average molecular weight is 458 g/mol. The number of carboxylic acids is 1. The number of aromatic amines is 1. The Labute approximate surface area is 185 Å². The number of carbonyl (C=O) groups is 2. The number of benzene rings is 1. The fourth-order valence-electron chi connectivity index (χ4n) is 2.81. The van der Waals surface area contributed by atoms with Gasteiger partial charge in [-0.25, -0.2) is 9.78 Å². The largest absolute Gasteiger partial charge is 0.478 e. The number of nitrogens with zero attached hydrogens (tertiary/aromatic N) is 1. The Morgan fingerprint density at radius 2 is 1.87 bits per heavy atom. The molecule has 4 rings (SSSR count). The van der Waals surface area contributed by atoms with Crippen LogP contribution >= 0.6 is 23.4 Å². The summed E-state index contributed by atoms with van der Waals surface area (Å²) in [6.07, 6.45) is 3.10. The number of imidazole rings is 1. The van der Waals surface area contributed by atoms with Crippen LogP contribution in [0.3, 0.4) is 0 Å². The minimum Gasteiger partial charge on any atom is -0.478 e. The Balaban J connectivity index is 1.54. The Hall–Kier alpha value is -3.43. The Kier molecular flexibility index (Phi) is 5.88. The van der Waals surface area contributed by atoms with Crippen LogP contribution in [0.25, 0.3) is 22.9 Å². The van der Waals surface area contributed by atoms with Crippen molar-refractivity contribution in [1.82, 2.24) is 9.97 Å². The van der Waals surface area contributed by atoms with Crippen LogP contribution in [0.5, 0.6) is 0 Å². The summed E-state index contributed by atoms with van der Waals surface area (Å²) in [5.41, 5.74) is 1.45. The predicted octanol–water partition coefficient (Wildman–Crippen LogP) is 5.40. The molecular weight excluding hydrogens is 442 g/mol. The van der Waals surface area contributed by atoms with E-state index in [4.69, 9.17) is 25.5 Å². The van der Waals surface area contributed by atoms with Crippen molar-refractivity contribution in [3.8, 4) is 22.9 Å². The molecule has 31 heavy (non-hydrogen) atoms. The lowest BCUT2D eigenvalue weighted by atomic mass is 10.2. The SMILES string of the molecule is CC(Sc1nc(-c2ccco2)c(-c2ccco2)[nH]1)C(=O)Nc1cc(C(=O)O)ccc1Cl. The van der Waals surface area contributed by atoms with E-state index in [1.165, 1.54) is 30.0 Å². The molecule has 0 bridgehead atoms. The summed E-state index contributed by atoms with van der Waals surface area (Å²) in [6, 6.07) is 11.2. The van der Waals surface area contributed by atoms with Crippen LogP contribution in [0.15, 0.2) is 69.0 Å². The number of thioether (sulfide) groups is 1. The van der Waals surface area contributed by atoms with Crippen molar-refractivity contribution in [2.24, 2.45) is 0 Å². The van der Waals surface area contributed by atoms with Gasteiger partial charge in [0.1, 0.15) is 11.4 Å². The Morgan fingerprint density at radius 3 is 2.52 bits per heavy atom. The van der Waals surface area contributed by atoms with Crippen LogP contribution in [0.2, 0.25) is 5.02 Å². The van der Waals surface area contributed by atoms with E-state index in [0.717, 1.165) is 0 Å². The third-order valence-electron chi connectivity index (χ3n) is 4.33. The molecule has 0 aliphatic carbocycles. The minimum atomic E-state index is -1.11. The van der Waals surface area contributed by atoms with E-state index in [9.17, 15) is 9.59 Å². The summed E-state index contributed by atoms with van der Waals surface area (Å²) in [5, 5.41) is 12.0. The summed E-state index contributed by atoms with van der Waals surface area (Å²) >= 11 is 7.29. The van der Waals surface area contributed by atoms with Crippen molar-refractivity contribution < 1.29 is 23.5 Å². The van der Waals surface area contributed by atoms with Crippen LogP contribution in [-0.2, 0) is 4.79 Å². The number of anilines is 1. The molecule has 1 aromatic carbocycles. The smallest absolute Gasteiger partial charge is 0.335 e. The highest BCUT2D eigenvalue weighted by Gasteiger charge is 2.22. The fraction of sp³-hybridized carbons (Fsp3) is 0.0952. The van der Waals surface area contributed by atoms with Crippen molar-refractivity contribution in [3.05, 3.63) is 65.6 Å². The second kappa shape index (κ2) is 8.75. The van der Waals surface area contributed by atoms with E-state index in [2.05, 4.69) is 15.3 Å². The van der Waals surface area contributed by atoms with E-state index in [1.54, 1.807) is 43.7 Å². The van der Waals surface area contributed by atoms with Crippen molar-refractivity contribution in [2.45, 2.75) is 17.3 Å². The molecule has 1 amide bonds. The highest BCUT2D eigenvalue weighted by atomic mass is 35.5. The molecular formula is C21H16ClN3O5S. The number of amides is 1. The predicted molar refractivity (Wildman–Crippen MR) is 116 cm³/mol. The number of aromatic carboxylic acids is 1. The molecule has 0 spiro atoms. The molecule has 0 radical (unpaired) electrons. The molecule has 1 unspecified atom stereocenters. The number of H-pyrrole nitrogens is 1. The van der Waals surface area contributed by atoms with E-state index < -0.39 is 11.2 Å². The Bertz CT molecular complexity index is 1170. The number of halogens is 1. The van der Waals surface area contributed by atoms with Crippen LogP contribution < -0.4 is 5.32 Å². The molecule has 3 N–H and O–H groups in total. The van der Waals surface area contributed by atoms with E-state index in [0.29, 0.717) is 28.1 Å². The molecule has 3 aromatic heterocycles. The monoisotopic (exact) mass is 457 g/mol. The van der Waals surface area contributed by atoms with Gasteiger partial charge in [0.05, 0.1) is 34.0 Å². The third kappa shape index (κ3) is 4.52. The number of furan rings is 2.